The first-order valence-corrected chi connectivity index (χ1v) is 10.4. The number of anilines is 1. The first-order chi connectivity index (χ1) is 13.8. The second-order valence-corrected chi connectivity index (χ2v) is 8.04. The molecule has 7 nitrogen and oxygen atoms in total. The highest BCUT2D eigenvalue weighted by Gasteiger charge is 2.42. The number of benzene rings is 1. The Morgan fingerprint density at radius 1 is 1.28 bits per heavy atom. The SMILES string of the molecule is CCN(CC)C(=O)C1=C(C)N=C2SC(C#N)=C(N)N2[C@H]1c1ccc(N(C)C)cc1. The number of carbonyl (C=O) groups excluding carboxylic acids is 1. The number of rotatable bonds is 5. The highest BCUT2D eigenvalue weighted by molar-refractivity contribution is 8.17. The van der Waals surface area contributed by atoms with Crippen molar-refractivity contribution >= 4 is 28.5 Å². The minimum Gasteiger partial charge on any atom is -0.383 e. The van der Waals surface area contributed by atoms with Crippen molar-refractivity contribution in [2.24, 2.45) is 10.7 Å². The average molecular weight is 411 g/mol. The van der Waals surface area contributed by atoms with Gasteiger partial charge in [0.15, 0.2) is 5.17 Å². The molecule has 0 unspecified atom stereocenters. The lowest BCUT2D eigenvalue weighted by Crippen LogP contribution is -2.42. The fourth-order valence-electron chi connectivity index (χ4n) is 3.57. The van der Waals surface area contributed by atoms with Crippen LogP contribution < -0.4 is 10.6 Å². The van der Waals surface area contributed by atoms with Crippen molar-refractivity contribution < 1.29 is 4.79 Å². The number of nitriles is 1. The van der Waals surface area contributed by atoms with E-state index in [0.29, 0.717) is 40.3 Å². The normalized spacial score (nSPS) is 18.4. The second kappa shape index (κ2) is 8.21. The number of amides is 1. The van der Waals surface area contributed by atoms with Crippen LogP contribution in [0.2, 0.25) is 0 Å². The summed E-state index contributed by atoms with van der Waals surface area (Å²) >= 11 is 1.25. The third-order valence-corrected chi connectivity index (χ3v) is 6.16. The number of amidine groups is 1. The molecule has 0 aliphatic carbocycles. The lowest BCUT2D eigenvalue weighted by Gasteiger charge is -2.37. The quantitative estimate of drug-likeness (QED) is 0.803. The smallest absolute Gasteiger partial charge is 0.254 e. The number of likely N-dealkylation sites (N-methyl/N-ethyl adjacent to an activating group) is 1. The van der Waals surface area contributed by atoms with Crippen molar-refractivity contribution in [2.75, 3.05) is 32.1 Å². The largest absolute Gasteiger partial charge is 0.383 e. The van der Waals surface area contributed by atoms with E-state index in [9.17, 15) is 10.1 Å². The zero-order chi connectivity index (χ0) is 21.3. The van der Waals surface area contributed by atoms with E-state index >= 15 is 0 Å². The van der Waals surface area contributed by atoms with E-state index in [-0.39, 0.29) is 5.91 Å². The van der Waals surface area contributed by atoms with Crippen LogP contribution in [-0.2, 0) is 4.79 Å². The van der Waals surface area contributed by atoms with Gasteiger partial charge in [-0.2, -0.15) is 5.26 Å². The Balaban J connectivity index is 2.17. The molecular weight excluding hydrogens is 384 g/mol. The van der Waals surface area contributed by atoms with Gasteiger partial charge >= 0.3 is 0 Å². The first kappa shape index (κ1) is 20.8. The Labute approximate surface area is 176 Å². The Hall–Kier alpha value is -2.92. The monoisotopic (exact) mass is 410 g/mol. The summed E-state index contributed by atoms with van der Waals surface area (Å²) in [5.74, 6) is 0.287. The molecule has 1 aromatic rings. The number of hydrogen-bond donors (Lipinski definition) is 1. The number of nitrogens with zero attached hydrogens (tertiary/aromatic N) is 5. The predicted octanol–water partition coefficient (Wildman–Crippen LogP) is 3.01. The zero-order valence-corrected chi connectivity index (χ0v) is 18.2. The molecule has 0 bridgehead atoms. The lowest BCUT2D eigenvalue weighted by molar-refractivity contribution is -0.127. The summed E-state index contributed by atoms with van der Waals surface area (Å²) < 4.78 is 0. The van der Waals surface area contributed by atoms with Crippen molar-refractivity contribution in [3.8, 4) is 6.07 Å². The van der Waals surface area contributed by atoms with Crippen molar-refractivity contribution in [3.05, 3.63) is 51.8 Å². The number of fused-ring (bicyclic) bond motifs is 1. The molecular formula is C21H26N6OS. The molecule has 0 saturated heterocycles. The van der Waals surface area contributed by atoms with Gasteiger partial charge in [0.2, 0.25) is 0 Å². The van der Waals surface area contributed by atoms with Gasteiger partial charge in [-0.05, 0) is 50.2 Å². The fourth-order valence-corrected chi connectivity index (χ4v) is 4.48. The van der Waals surface area contributed by atoms with Crippen molar-refractivity contribution in [1.29, 1.82) is 5.26 Å². The van der Waals surface area contributed by atoms with E-state index in [1.807, 2.05) is 68.9 Å². The summed E-state index contributed by atoms with van der Waals surface area (Å²) in [7, 11) is 3.97. The highest BCUT2D eigenvalue weighted by atomic mass is 32.2. The Morgan fingerprint density at radius 2 is 1.90 bits per heavy atom. The van der Waals surface area contributed by atoms with Crippen LogP contribution in [0.4, 0.5) is 5.69 Å². The van der Waals surface area contributed by atoms with Gasteiger partial charge in [0.25, 0.3) is 5.91 Å². The summed E-state index contributed by atoms with van der Waals surface area (Å²) in [6, 6.07) is 9.77. The van der Waals surface area contributed by atoms with Gasteiger partial charge in [0, 0.05) is 32.9 Å². The molecule has 29 heavy (non-hydrogen) atoms. The van der Waals surface area contributed by atoms with Crippen LogP contribution in [0.15, 0.2) is 51.3 Å². The van der Waals surface area contributed by atoms with Crippen LogP contribution in [0.1, 0.15) is 32.4 Å². The summed E-state index contributed by atoms with van der Waals surface area (Å²) in [5, 5.41) is 10.1. The Kier molecular flexibility index (Phi) is 5.89. The molecule has 1 aromatic carbocycles. The zero-order valence-electron chi connectivity index (χ0n) is 17.4. The van der Waals surface area contributed by atoms with Crippen molar-refractivity contribution in [3.63, 3.8) is 0 Å². The summed E-state index contributed by atoms with van der Waals surface area (Å²) in [6.07, 6.45) is 0. The standard InChI is InChI=1S/C21H26N6OS/c1-6-26(7-2)20(28)17-13(3)24-21-27(19(23)16(12-22)29-21)18(17)14-8-10-15(11-9-14)25(4)5/h8-11,18H,6-7,23H2,1-5H3/t18-/m0/s1. The number of allylic oxidation sites excluding steroid dienone is 2. The molecule has 2 N–H and O–H groups in total. The number of thioether (sulfide) groups is 1. The molecule has 2 aliphatic rings. The van der Waals surface area contributed by atoms with E-state index in [4.69, 9.17) is 5.73 Å². The highest BCUT2D eigenvalue weighted by Crippen LogP contribution is 2.45. The summed E-state index contributed by atoms with van der Waals surface area (Å²) in [4.78, 5) is 24.1. The van der Waals surface area contributed by atoms with Crippen LogP contribution >= 0.6 is 11.8 Å². The molecule has 1 amide bonds. The summed E-state index contributed by atoms with van der Waals surface area (Å²) in [6.45, 7) is 6.99. The number of hydrogen-bond acceptors (Lipinski definition) is 7. The van der Waals surface area contributed by atoms with Gasteiger partial charge in [0.1, 0.15) is 16.8 Å². The molecule has 0 fully saturated rings. The number of nitrogens with two attached hydrogens (primary N) is 1. The lowest BCUT2D eigenvalue weighted by atomic mass is 9.93. The van der Waals surface area contributed by atoms with E-state index < -0.39 is 6.04 Å². The van der Waals surface area contributed by atoms with Gasteiger partial charge in [-0.3, -0.25) is 9.69 Å². The average Bonchev–Trinajstić information content (AvgIpc) is 3.03. The van der Waals surface area contributed by atoms with Crippen LogP contribution in [0.5, 0.6) is 0 Å². The van der Waals surface area contributed by atoms with E-state index in [2.05, 4.69) is 11.1 Å². The Bertz CT molecular complexity index is 950. The Morgan fingerprint density at radius 3 is 2.41 bits per heavy atom. The van der Waals surface area contributed by atoms with Crippen molar-refractivity contribution in [1.82, 2.24) is 9.80 Å². The summed E-state index contributed by atoms with van der Waals surface area (Å²) in [5.41, 5.74) is 9.58. The van der Waals surface area contributed by atoms with E-state index in [1.54, 1.807) is 4.90 Å². The maximum Gasteiger partial charge on any atom is 0.254 e. The molecule has 0 saturated carbocycles. The molecule has 152 valence electrons. The molecule has 2 heterocycles. The van der Waals surface area contributed by atoms with Crippen molar-refractivity contribution in [2.45, 2.75) is 26.8 Å². The minimum absolute atomic E-state index is 0.0554. The molecule has 1 atom stereocenters. The molecule has 0 spiro atoms. The minimum atomic E-state index is -0.426. The molecule has 8 heteroatoms. The second-order valence-electron chi connectivity index (χ2n) is 7.06. The van der Waals surface area contributed by atoms with Gasteiger partial charge in [-0.15, -0.1) is 0 Å². The van der Waals surface area contributed by atoms with Crippen LogP contribution in [0, 0.1) is 11.3 Å². The number of carbonyl (C=O) groups is 1. The van der Waals surface area contributed by atoms with Crippen LogP contribution in [-0.4, -0.2) is 48.1 Å². The molecule has 0 radical (unpaired) electrons. The number of aliphatic imine (C=N–C) groups is 1. The van der Waals surface area contributed by atoms with E-state index in [1.165, 1.54) is 11.8 Å². The van der Waals surface area contributed by atoms with Gasteiger partial charge in [0.05, 0.1) is 17.3 Å². The maximum absolute atomic E-state index is 13.4. The molecule has 0 aromatic heterocycles. The fraction of sp³-hybridized carbons (Fsp3) is 0.381. The third-order valence-electron chi connectivity index (χ3n) is 5.18. The van der Waals surface area contributed by atoms with Crippen LogP contribution in [0.3, 0.4) is 0 Å². The van der Waals surface area contributed by atoms with Gasteiger partial charge in [-0.25, -0.2) is 4.99 Å². The third kappa shape index (κ3) is 3.58. The molecule has 2 aliphatic heterocycles. The van der Waals surface area contributed by atoms with Gasteiger partial charge < -0.3 is 15.5 Å². The van der Waals surface area contributed by atoms with Crippen LogP contribution in [0.25, 0.3) is 0 Å². The first-order valence-electron chi connectivity index (χ1n) is 9.56. The van der Waals surface area contributed by atoms with Gasteiger partial charge in [-0.1, -0.05) is 12.1 Å². The predicted molar refractivity (Wildman–Crippen MR) is 118 cm³/mol. The molecule has 3 rings (SSSR count). The topological polar surface area (TPSA) is 89.0 Å². The van der Waals surface area contributed by atoms with E-state index in [0.717, 1.165) is 11.3 Å². The maximum atomic E-state index is 13.4.